The van der Waals surface area contributed by atoms with Gasteiger partial charge < -0.3 is 14.5 Å². The molecule has 0 N–H and O–H groups in total. The summed E-state index contributed by atoms with van der Waals surface area (Å²) in [7, 11) is 3.73. The molecule has 0 radical (unpaired) electrons. The Hall–Kier alpha value is -2.30. The smallest absolute Gasteiger partial charge is 0.410 e. The molecule has 1 amide bonds. The van der Waals surface area contributed by atoms with Crippen LogP contribution in [0.25, 0.3) is 0 Å². The number of nitrogens with zero attached hydrogens (tertiary/aromatic N) is 2. The van der Waals surface area contributed by atoms with Crippen molar-refractivity contribution in [3.63, 3.8) is 0 Å². The highest BCUT2D eigenvalue weighted by molar-refractivity contribution is 6.02. The van der Waals surface area contributed by atoms with Crippen molar-refractivity contribution in [3.8, 4) is 0 Å². The van der Waals surface area contributed by atoms with Crippen LogP contribution in [-0.2, 0) is 9.53 Å². The predicted octanol–water partition coefficient (Wildman–Crippen LogP) is 3.04. The minimum atomic E-state index is -0.563. The monoisotopic (exact) mass is 330 g/mol. The minimum absolute atomic E-state index is 0.0645. The van der Waals surface area contributed by atoms with E-state index in [1.54, 1.807) is 11.1 Å². The zero-order valence-electron chi connectivity index (χ0n) is 15.1. The summed E-state index contributed by atoms with van der Waals surface area (Å²) in [5, 5.41) is 0. The Balaban J connectivity index is 2.31. The van der Waals surface area contributed by atoms with Crippen molar-refractivity contribution >= 4 is 11.9 Å². The quantitative estimate of drug-likeness (QED) is 0.782. The first-order valence-corrected chi connectivity index (χ1v) is 8.11. The highest BCUT2D eigenvalue weighted by Gasteiger charge is 2.36. The second-order valence-electron chi connectivity index (χ2n) is 7.31. The molecule has 1 unspecified atom stereocenters. The first-order valence-electron chi connectivity index (χ1n) is 8.11. The van der Waals surface area contributed by atoms with Crippen LogP contribution in [0.5, 0.6) is 0 Å². The molecule has 0 bridgehead atoms. The average Bonchev–Trinajstić information content (AvgIpc) is 2.48. The Labute approximate surface area is 143 Å². The molecule has 1 saturated heterocycles. The maximum Gasteiger partial charge on any atom is 0.410 e. The molecule has 0 aromatic heterocycles. The summed E-state index contributed by atoms with van der Waals surface area (Å²) >= 11 is 0. The van der Waals surface area contributed by atoms with Crippen molar-refractivity contribution in [2.24, 2.45) is 0 Å². The third-order valence-corrected chi connectivity index (χ3v) is 3.66. The van der Waals surface area contributed by atoms with Crippen LogP contribution in [0.2, 0.25) is 0 Å². The molecule has 1 aliphatic rings. The van der Waals surface area contributed by atoms with Gasteiger partial charge in [0.15, 0.2) is 5.78 Å². The van der Waals surface area contributed by atoms with Gasteiger partial charge in [-0.15, -0.1) is 0 Å². The number of ketones is 1. The molecule has 1 aromatic rings. The maximum atomic E-state index is 12.8. The summed E-state index contributed by atoms with van der Waals surface area (Å²) in [6.45, 7) is 6.12. The number of hydrogen-bond donors (Lipinski definition) is 0. The lowest BCUT2D eigenvalue weighted by molar-refractivity contribution is -0.118. The molecule has 0 spiro atoms. The Morgan fingerprint density at radius 2 is 1.88 bits per heavy atom. The predicted molar refractivity (Wildman–Crippen MR) is 93.8 cm³/mol. The number of rotatable bonds is 2. The van der Waals surface area contributed by atoms with E-state index in [2.05, 4.69) is 0 Å². The Morgan fingerprint density at radius 1 is 1.25 bits per heavy atom. The van der Waals surface area contributed by atoms with E-state index in [-0.39, 0.29) is 24.3 Å². The summed E-state index contributed by atoms with van der Waals surface area (Å²) in [5.41, 5.74) is 0.970. The first-order chi connectivity index (χ1) is 11.2. The number of hydrogen-bond acceptors (Lipinski definition) is 4. The molecular weight excluding hydrogens is 304 g/mol. The van der Waals surface area contributed by atoms with Crippen LogP contribution in [-0.4, -0.2) is 54.5 Å². The van der Waals surface area contributed by atoms with Crippen molar-refractivity contribution in [3.05, 3.63) is 47.7 Å². The molecule has 0 saturated carbocycles. The Kier molecular flexibility index (Phi) is 5.32. The molecule has 1 atom stereocenters. The molecular formula is C19H26N2O3. The largest absolute Gasteiger partial charge is 0.444 e. The van der Waals surface area contributed by atoms with Gasteiger partial charge in [-0.25, -0.2) is 4.79 Å². The SMILES string of the molecule is CN(C)C=C1CN(C(=O)OC(C)(C)C)CC(c2ccccc2)C1=O. The van der Waals surface area contributed by atoms with E-state index >= 15 is 0 Å². The van der Waals surface area contributed by atoms with E-state index in [1.807, 2.05) is 70.1 Å². The number of piperidine rings is 1. The highest BCUT2D eigenvalue weighted by Crippen LogP contribution is 2.28. The Morgan fingerprint density at radius 3 is 2.42 bits per heavy atom. The number of benzene rings is 1. The second kappa shape index (κ2) is 7.07. The van der Waals surface area contributed by atoms with Crippen molar-refractivity contribution in [1.29, 1.82) is 0 Å². The highest BCUT2D eigenvalue weighted by atomic mass is 16.6. The molecule has 130 valence electrons. The summed E-state index contributed by atoms with van der Waals surface area (Å²) in [6.07, 6.45) is 1.40. The van der Waals surface area contributed by atoms with E-state index in [1.165, 1.54) is 0 Å². The molecule has 5 heteroatoms. The molecule has 5 nitrogen and oxygen atoms in total. The van der Waals surface area contributed by atoms with Gasteiger partial charge >= 0.3 is 6.09 Å². The van der Waals surface area contributed by atoms with Crippen molar-refractivity contribution < 1.29 is 14.3 Å². The molecule has 1 heterocycles. The summed E-state index contributed by atoms with van der Waals surface area (Å²) in [6, 6.07) is 9.58. The van der Waals surface area contributed by atoms with E-state index in [9.17, 15) is 9.59 Å². The molecule has 0 aliphatic carbocycles. The lowest BCUT2D eigenvalue weighted by Crippen LogP contribution is -2.46. The van der Waals surface area contributed by atoms with Gasteiger partial charge in [-0.3, -0.25) is 4.79 Å². The van der Waals surface area contributed by atoms with Crippen LogP contribution in [0.15, 0.2) is 42.1 Å². The van der Waals surface area contributed by atoms with Crippen LogP contribution in [0, 0.1) is 0 Å². The Bertz CT molecular complexity index is 630. The van der Waals surface area contributed by atoms with Gasteiger partial charge in [0.25, 0.3) is 0 Å². The third kappa shape index (κ3) is 4.60. The number of amides is 1. The van der Waals surface area contributed by atoms with E-state index in [0.717, 1.165) is 5.56 Å². The van der Waals surface area contributed by atoms with Gasteiger partial charge in [0.1, 0.15) is 5.60 Å². The van der Waals surface area contributed by atoms with Crippen LogP contribution in [0.1, 0.15) is 32.3 Å². The van der Waals surface area contributed by atoms with Crippen molar-refractivity contribution in [2.45, 2.75) is 32.3 Å². The van der Waals surface area contributed by atoms with Crippen molar-refractivity contribution in [2.75, 3.05) is 27.2 Å². The van der Waals surface area contributed by atoms with Gasteiger partial charge in [0, 0.05) is 32.4 Å². The van der Waals surface area contributed by atoms with Gasteiger partial charge in [-0.1, -0.05) is 30.3 Å². The van der Waals surface area contributed by atoms with Crippen LogP contribution in [0.3, 0.4) is 0 Å². The molecule has 24 heavy (non-hydrogen) atoms. The van der Waals surface area contributed by atoms with E-state index in [4.69, 9.17) is 4.74 Å². The summed E-state index contributed by atoms with van der Waals surface area (Å²) in [4.78, 5) is 28.8. The number of likely N-dealkylation sites (tertiary alicyclic amines) is 1. The molecule has 1 aliphatic heterocycles. The second-order valence-corrected chi connectivity index (χ2v) is 7.31. The number of Topliss-reactive ketones (excluding diaryl/α,β-unsaturated/α-hetero) is 1. The normalized spacial score (nSPS) is 20.2. The number of ether oxygens (including phenoxy) is 1. The van der Waals surface area contributed by atoms with Gasteiger partial charge in [0.2, 0.25) is 0 Å². The van der Waals surface area contributed by atoms with E-state index in [0.29, 0.717) is 12.1 Å². The first kappa shape index (κ1) is 18.0. The summed E-state index contributed by atoms with van der Waals surface area (Å²) in [5.74, 6) is -0.298. The molecule has 1 aromatic carbocycles. The third-order valence-electron chi connectivity index (χ3n) is 3.66. The van der Waals surface area contributed by atoms with Crippen LogP contribution < -0.4 is 0 Å². The maximum absolute atomic E-state index is 12.8. The van der Waals surface area contributed by atoms with E-state index < -0.39 is 5.60 Å². The minimum Gasteiger partial charge on any atom is -0.444 e. The fourth-order valence-electron chi connectivity index (χ4n) is 2.70. The topological polar surface area (TPSA) is 49.9 Å². The fraction of sp³-hybridized carbons (Fsp3) is 0.474. The standard InChI is InChI=1S/C19H26N2O3/c1-19(2,3)24-18(23)21-12-15(11-20(4)5)17(22)16(13-21)14-9-7-6-8-10-14/h6-11,16H,12-13H2,1-5H3. The zero-order chi connectivity index (χ0) is 17.9. The van der Waals surface area contributed by atoms with Gasteiger partial charge in [-0.2, -0.15) is 0 Å². The number of carbonyl (C=O) groups excluding carboxylic acids is 2. The van der Waals surface area contributed by atoms with Crippen LogP contribution in [0.4, 0.5) is 4.79 Å². The lowest BCUT2D eigenvalue weighted by atomic mass is 9.87. The molecule has 1 fully saturated rings. The number of carbonyl (C=O) groups is 2. The summed E-state index contributed by atoms with van der Waals surface area (Å²) < 4.78 is 5.48. The zero-order valence-corrected chi connectivity index (χ0v) is 15.1. The van der Waals surface area contributed by atoms with Gasteiger partial charge in [0.05, 0.1) is 12.5 Å². The van der Waals surface area contributed by atoms with Gasteiger partial charge in [-0.05, 0) is 26.3 Å². The molecule has 2 rings (SSSR count). The van der Waals surface area contributed by atoms with Crippen LogP contribution >= 0.6 is 0 Å². The fourth-order valence-corrected chi connectivity index (χ4v) is 2.70. The van der Waals surface area contributed by atoms with Crippen molar-refractivity contribution in [1.82, 2.24) is 9.80 Å². The average molecular weight is 330 g/mol. The lowest BCUT2D eigenvalue weighted by Gasteiger charge is -2.35.